The van der Waals surface area contributed by atoms with Crippen molar-refractivity contribution in [2.75, 3.05) is 18.0 Å². The number of carbonyl (C=O) groups is 2. The third kappa shape index (κ3) is 2.30. The Kier molecular flexibility index (Phi) is 3.50. The number of carboxylic acid groups (broad SMARTS) is 1. The largest absolute Gasteiger partial charge is 0.478 e. The number of carbonyl (C=O) groups excluding carboxylic acids is 1. The van der Waals surface area contributed by atoms with E-state index in [0.29, 0.717) is 6.47 Å². The number of aromatic carboxylic acids is 1. The molecule has 1 saturated heterocycles. The summed E-state index contributed by atoms with van der Waals surface area (Å²) in [5, 5.41) is 9.27. The smallest absolute Gasteiger partial charge is 0.337 e. The molecule has 0 bridgehead atoms. The van der Waals surface area contributed by atoms with Crippen LogP contribution in [-0.2, 0) is 4.79 Å². The van der Waals surface area contributed by atoms with Gasteiger partial charge in [0.15, 0.2) is 0 Å². The van der Waals surface area contributed by atoms with Crippen LogP contribution in [0.15, 0.2) is 12.1 Å². The molecule has 1 N–H and O–H groups in total. The van der Waals surface area contributed by atoms with E-state index in [9.17, 15) is 14.7 Å². The first kappa shape index (κ1) is 12.4. The standard InChI is InChI=1S/C13H15NO4/c1-9-6-10(18-8-15)7-11(13(16)17)12(9)14-4-2-3-5-14/h6-8H,2-5H2,1H3,(H,16,17). The molecule has 5 nitrogen and oxygen atoms in total. The minimum absolute atomic E-state index is 0.189. The van der Waals surface area contributed by atoms with Crippen molar-refractivity contribution in [1.82, 2.24) is 0 Å². The van der Waals surface area contributed by atoms with Gasteiger partial charge in [-0.1, -0.05) is 0 Å². The number of hydrogen-bond donors (Lipinski definition) is 1. The molecule has 1 aliphatic rings. The molecule has 0 radical (unpaired) electrons. The molecule has 0 aliphatic carbocycles. The average Bonchev–Trinajstić information content (AvgIpc) is 2.81. The van der Waals surface area contributed by atoms with Gasteiger partial charge in [0.2, 0.25) is 0 Å². The molecule has 18 heavy (non-hydrogen) atoms. The van der Waals surface area contributed by atoms with Gasteiger partial charge in [0.1, 0.15) is 5.75 Å². The molecule has 0 atom stereocenters. The molecule has 0 amide bonds. The van der Waals surface area contributed by atoms with Gasteiger partial charge in [-0.3, -0.25) is 4.79 Å². The Hall–Kier alpha value is -2.04. The summed E-state index contributed by atoms with van der Waals surface area (Å²) in [4.78, 5) is 23.7. The van der Waals surface area contributed by atoms with Crippen LogP contribution in [0.3, 0.4) is 0 Å². The highest BCUT2D eigenvalue weighted by molar-refractivity contribution is 5.96. The third-order valence-electron chi connectivity index (χ3n) is 3.11. The van der Waals surface area contributed by atoms with E-state index < -0.39 is 5.97 Å². The Bertz CT molecular complexity index is 478. The maximum Gasteiger partial charge on any atom is 0.337 e. The van der Waals surface area contributed by atoms with Crippen molar-refractivity contribution in [1.29, 1.82) is 0 Å². The van der Waals surface area contributed by atoms with Gasteiger partial charge in [-0.15, -0.1) is 0 Å². The van der Waals surface area contributed by atoms with Crippen LogP contribution in [0.4, 0.5) is 5.69 Å². The van der Waals surface area contributed by atoms with Crippen molar-refractivity contribution < 1.29 is 19.4 Å². The maximum absolute atomic E-state index is 11.3. The predicted molar refractivity (Wildman–Crippen MR) is 66.3 cm³/mol. The van der Waals surface area contributed by atoms with Crippen molar-refractivity contribution in [2.24, 2.45) is 0 Å². The summed E-state index contributed by atoms with van der Waals surface area (Å²) in [5.74, 6) is -0.737. The maximum atomic E-state index is 11.3. The molecule has 5 heteroatoms. The summed E-state index contributed by atoms with van der Waals surface area (Å²) in [6, 6.07) is 3.09. The number of nitrogens with zero attached hydrogens (tertiary/aromatic N) is 1. The van der Waals surface area contributed by atoms with Gasteiger partial charge in [-0.25, -0.2) is 4.79 Å². The number of anilines is 1. The highest BCUT2D eigenvalue weighted by Crippen LogP contribution is 2.32. The summed E-state index contributed by atoms with van der Waals surface area (Å²) in [7, 11) is 0. The van der Waals surface area contributed by atoms with E-state index in [1.807, 2.05) is 6.92 Å². The zero-order valence-electron chi connectivity index (χ0n) is 10.2. The van der Waals surface area contributed by atoms with Crippen molar-refractivity contribution >= 4 is 18.1 Å². The van der Waals surface area contributed by atoms with Gasteiger partial charge in [0, 0.05) is 13.1 Å². The van der Waals surface area contributed by atoms with Crippen molar-refractivity contribution in [3.63, 3.8) is 0 Å². The number of benzene rings is 1. The molecule has 0 saturated carbocycles. The Labute approximate surface area is 105 Å². The van der Waals surface area contributed by atoms with Crippen LogP contribution in [-0.4, -0.2) is 30.6 Å². The SMILES string of the molecule is Cc1cc(OC=O)cc(C(=O)O)c1N1CCCC1. The fourth-order valence-corrected chi connectivity index (χ4v) is 2.39. The van der Waals surface area contributed by atoms with E-state index in [2.05, 4.69) is 4.90 Å². The van der Waals surface area contributed by atoms with Gasteiger partial charge in [0.25, 0.3) is 6.47 Å². The molecular formula is C13H15NO4. The van der Waals surface area contributed by atoms with Gasteiger partial charge in [0.05, 0.1) is 11.3 Å². The fraction of sp³-hybridized carbons (Fsp3) is 0.385. The highest BCUT2D eigenvalue weighted by atomic mass is 16.5. The van der Waals surface area contributed by atoms with Crippen molar-refractivity contribution in [2.45, 2.75) is 19.8 Å². The van der Waals surface area contributed by atoms with Crippen molar-refractivity contribution in [3.05, 3.63) is 23.3 Å². The number of rotatable bonds is 4. The van der Waals surface area contributed by atoms with Crippen molar-refractivity contribution in [3.8, 4) is 5.75 Å². The molecule has 1 aliphatic heterocycles. The zero-order chi connectivity index (χ0) is 13.1. The topological polar surface area (TPSA) is 66.8 Å². The summed E-state index contributed by atoms with van der Waals surface area (Å²) < 4.78 is 4.73. The van der Waals surface area contributed by atoms with Crippen LogP contribution in [0, 0.1) is 6.92 Å². The van der Waals surface area contributed by atoms with E-state index in [1.54, 1.807) is 6.07 Å². The number of ether oxygens (including phenoxy) is 1. The minimum Gasteiger partial charge on any atom is -0.478 e. The van der Waals surface area contributed by atoms with Crippen LogP contribution < -0.4 is 9.64 Å². The van der Waals surface area contributed by atoms with Crippen LogP contribution >= 0.6 is 0 Å². The van der Waals surface area contributed by atoms with Gasteiger partial charge >= 0.3 is 5.97 Å². The molecule has 0 unspecified atom stereocenters. The van der Waals surface area contributed by atoms with E-state index in [4.69, 9.17) is 4.74 Å². The van der Waals surface area contributed by atoms with E-state index in [1.165, 1.54) is 6.07 Å². The lowest BCUT2D eigenvalue weighted by Gasteiger charge is -2.22. The molecule has 1 fully saturated rings. The Balaban J connectivity index is 2.49. The summed E-state index contributed by atoms with van der Waals surface area (Å²) in [6.07, 6.45) is 2.15. The second kappa shape index (κ2) is 5.08. The minimum atomic E-state index is -1.00. The molecular weight excluding hydrogens is 234 g/mol. The molecule has 96 valence electrons. The lowest BCUT2D eigenvalue weighted by Crippen LogP contribution is -2.22. The lowest BCUT2D eigenvalue weighted by atomic mass is 10.1. The summed E-state index contributed by atoms with van der Waals surface area (Å²) >= 11 is 0. The Morgan fingerprint density at radius 2 is 2.06 bits per heavy atom. The zero-order valence-corrected chi connectivity index (χ0v) is 10.2. The molecule has 1 heterocycles. The monoisotopic (exact) mass is 249 g/mol. The van der Waals surface area contributed by atoms with Crippen LogP contribution in [0.2, 0.25) is 0 Å². The molecule has 2 rings (SSSR count). The van der Waals surface area contributed by atoms with Gasteiger partial charge in [-0.05, 0) is 37.5 Å². The number of carboxylic acids is 1. The number of aryl methyl sites for hydroxylation is 1. The average molecular weight is 249 g/mol. The van der Waals surface area contributed by atoms with E-state index in [-0.39, 0.29) is 11.3 Å². The molecule has 1 aromatic carbocycles. The first-order valence-corrected chi connectivity index (χ1v) is 5.86. The molecule has 0 spiro atoms. The summed E-state index contributed by atoms with van der Waals surface area (Å²) in [5.41, 5.74) is 1.74. The molecule has 0 aromatic heterocycles. The Morgan fingerprint density at radius 3 is 2.61 bits per heavy atom. The Morgan fingerprint density at radius 1 is 1.39 bits per heavy atom. The number of hydrogen-bond acceptors (Lipinski definition) is 4. The fourth-order valence-electron chi connectivity index (χ4n) is 2.39. The van der Waals surface area contributed by atoms with Crippen LogP contribution in [0.1, 0.15) is 28.8 Å². The van der Waals surface area contributed by atoms with Gasteiger partial charge in [-0.2, -0.15) is 0 Å². The summed E-state index contributed by atoms with van der Waals surface area (Å²) in [6.45, 7) is 3.87. The predicted octanol–water partition coefficient (Wildman–Crippen LogP) is 1.83. The van der Waals surface area contributed by atoms with Gasteiger partial charge < -0.3 is 14.7 Å². The normalized spacial score (nSPS) is 14.6. The second-order valence-corrected chi connectivity index (χ2v) is 4.35. The quantitative estimate of drug-likeness (QED) is 0.824. The first-order valence-electron chi connectivity index (χ1n) is 5.86. The molecule has 1 aromatic rings. The first-order chi connectivity index (χ1) is 8.63. The van der Waals surface area contributed by atoms with E-state index >= 15 is 0 Å². The second-order valence-electron chi connectivity index (χ2n) is 4.35. The van der Waals surface area contributed by atoms with Crippen LogP contribution in [0.5, 0.6) is 5.75 Å². The lowest BCUT2D eigenvalue weighted by molar-refractivity contribution is -0.120. The third-order valence-corrected chi connectivity index (χ3v) is 3.11. The van der Waals surface area contributed by atoms with E-state index in [0.717, 1.165) is 37.2 Å². The highest BCUT2D eigenvalue weighted by Gasteiger charge is 2.22. The van der Waals surface area contributed by atoms with Crippen LogP contribution in [0.25, 0.3) is 0 Å².